The fraction of sp³-hybridized carbons (Fsp3) is 0.933. The van der Waals surface area contributed by atoms with Crippen LogP contribution in [0.4, 0.5) is 0 Å². The molecule has 4 saturated carbocycles. The van der Waals surface area contributed by atoms with Gasteiger partial charge in [-0.1, -0.05) is 57.4 Å². The second kappa shape index (κ2) is 8.62. The number of nitrogens with zero attached hydrogens (tertiary/aromatic N) is 2. The molecule has 2 heterocycles. The summed E-state index contributed by atoms with van der Waals surface area (Å²) < 4.78 is 0. The molecule has 2 nitrogen and oxygen atoms in total. The van der Waals surface area contributed by atoms with Crippen LogP contribution in [0.1, 0.15) is 122 Å². The molecule has 9 atom stereocenters. The Labute approximate surface area is 197 Å². The third-order valence-electron chi connectivity index (χ3n) is 11.8. The molecule has 5 aliphatic carbocycles. The van der Waals surface area contributed by atoms with Crippen LogP contribution in [0.2, 0.25) is 0 Å². The quantitative estimate of drug-likeness (QED) is 0.448. The lowest BCUT2D eigenvalue weighted by atomic mass is 9.73. The largest absolute Gasteiger partial charge is 0.368 e. The lowest BCUT2D eigenvalue weighted by molar-refractivity contribution is 0.0679. The Morgan fingerprint density at radius 3 is 1.47 bits per heavy atom. The molecule has 2 heteroatoms. The Kier molecular flexibility index (Phi) is 5.61. The molecule has 0 aromatic heterocycles. The monoisotopic (exact) mass is 436 g/mol. The lowest BCUT2D eigenvalue weighted by Crippen LogP contribution is -2.49. The second-order valence-electron chi connectivity index (χ2n) is 13.0. The van der Waals surface area contributed by atoms with Crippen molar-refractivity contribution in [3.8, 4) is 0 Å². The topological polar surface area (TPSA) is 6.48 Å². The summed E-state index contributed by atoms with van der Waals surface area (Å²) in [6, 6.07) is 4.57. The Balaban J connectivity index is 1.15. The van der Waals surface area contributed by atoms with Gasteiger partial charge in [0.1, 0.15) is 0 Å². The van der Waals surface area contributed by atoms with Crippen LogP contribution < -0.4 is 0 Å². The van der Waals surface area contributed by atoms with Gasteiger partial charge in [0.25, 0.3) is 0 Å². The highest BCUT2D eigenvalue weighted by Crippen LogP contribution is 2.54. The van der Waals surface area contributed by atoms with Crippen LogP contribution in [-0.2, 0) is 0 Å². The molecular weight excluding hydrogens is 388 g/mol. The van der Waals surface area contributed by atoms with Crippen molar-refractivity contribution >= 4 is 0 Å². The van der Waals surface area contributed by atoms with E-state index in [1.807, 2.05) is 5.70 Å². The molecule has 2 aliphatic heterocycles. The minimum atomic E-state index is 0.860. The first-order valence-corrected chi connectivity index (χ1v) is 15.1. The zero-order chi connectivity index (χ0) is 21.1. The minimum Gasteiger partial charge on any atom is -0.368 e. The van der Waals surface area contributed by atoms with Crippen LogP contribution in [0.15, 0.2) is 11.8 Å². The maximum absolute atomic E-state index is 3.22. The molecule has 32 heavy (non-hydrogen) atoms. The van der Waals surface area contributed by atoms with Crippen LogP contribution in [-0.4, -0.2) is 40.0 Å². The van der Waals surface area contributed by atoms with Crippen molar-refractivity contribution < 1.29 is 0 Å². The average Bonchev–Trinajstić information content (AvgIpc) is 3.37. The van der Waals surface area contributed by atoms with Crippen molar-refractivity contribution in [1.82, 2.24) is 9.80 Å². The summed E-state index contributed by atoms with van der Waals surface area (Å²) in [7, 11) is 0. The predicted molar refractivity (Wildman–Crippen MR) is 132 cm³/mol. The first-order valence-electron chi connectivity index (χ1n) is 15.1. The highest BCUT2D eigenvalue weighted by molar-refractivity contribution is 5.18. The molecule has 6 fully saturated rings. The van der Waals surface area contributed by atoms with Gasteiger partial charge < -0.3 is 4.90 Å². The van der Waals surface area contributed by atoms with Gasteiger partial charge in [-0.2, -0.15) is 0 Å². The fourth-order valence-electron chi connectivity index (χ4n) is 10.8. The van der Waals surface area contributed by atoms with E-state index < -0.39 is 0 Å². The fourth-order valence-corrected chi connectivity index (χ4v) is 10.8. The minimum absolute atomic E-state index is 0.860. The van der Waals surface area contributed by atoms with Crippen molar-refractivity contribution in [3.05, 3.63) is 11.8 Å². The van der Waals surface area contributed by atoms with Crippen LogP contribution in [0, 0.1) is 23.7 Å². The van der Waals surface area contributed by atoms with E-state index in [1.54, 1.807) is 25.7 Å². The van der Waals surface area contributed by atoms with Crippen molar-refractivity contribution in [3.63, 3.8) is 0 Å². The van der Waals surface area contributed by atoms with Crippen LogP contribution in [0.5, 0.6) is 0 Å². The number of fused-ring (bicyclic) bond motifs is 6. The standard InChI is InChI=1S/C30H48N2/c1-5-16-27-23(12-1)24-13-2-6-17-28(24)31(27)21-10-9-11-22(20-21)32-29-18-7-3-14-25(29)26-15-4-8-19-30(26)32/h10,22-30H,1-9,11-20H2. The Bertz CT molecular complexity index is 670. The molecule has 9 unspecified atom stereocenters. The Hall–Kier alpha value is -0.500. The third kappa shape index (κ3) is 3.28. The first-order chi connectivity index (χ1) is 15.9. The maximum Gasteiger partial charge on any atom is 0.0321 e. The van der Waals surface area contributed by atoms with Gasteiger partial charge in [-0.15, -0.1) is 0 Å². The SMILES string of the molecule is C1=C(N2C3CCCCC3C3CCCCC32)CC(N2C3CCCCC3C3CCCCC32)CC1. The highest BCUT2D eigenvalue weighted by atomic mass is 15.3. The van der Waals surface area contributed by atoms with Crippen molar-refractivity contribution in [2.24, 2.45) is 23.7 Å². The average molecular weight is 437 g/mol. The van der Waals surface area contributed by atoms with Gasteiger partial charge in [0.15, 0.2) is 0 Å². The van der Waals surface area contributed by atoms with Gasteiger partial charge in [-0.3, -0.25) is 4.90 Å². The summed E-state index contributed by atoms with van der Waals surface area (Å²) in [5.74, 6) is 4.18. The van der Waals surface area contributed by atoms with Gasteiger partial charge in [-0.05, 0) is 87.9 Å². The van der Waals surface area contributed by atoms with Gasteiger partial charge in [0.05, 0.1) is 0 Å². The van der Waals surface area contributed by atoms with Crippen LogP contribution in [0.3, 0.4) is 0 Å². The summed E-state index contributed by atoms with van der Waals surface area (Å²) in [6.45, 7) is 0. The van der Waals surface area contributed by atoms with Crippen molar-refractivity contribution in [2.75, 3.05) is 0 Å². The van der Waals surface area contributed by atoms with E-state index in [0.717, 1.165) is 53.9 Å². The summed E-state index contributed by atoms with van der Waals surface area (Å²) in [4.78, 5) is 6.33. The molecule has 0 aromatic carbocycles. The zero-order valence-electron chi connectivity index (χ0n) is 20.6. The van der Waals surface area contributed by atoms with Crippen molar-refractivity contribution in [2.45, 2.75) is 152 Å². The summed E-state index contributed by atoms with van der Waals surface area (Å²) in [6.07, 6.45) is 31.2. The molecule has 2 saturated heterocycles. The van der Waals surface area contributed by atoms with E-state index in [9.17, 15) is 0 Å². The van der Waals surface area contributed by atoms with Gasteiger partial charge >= 0.3 is 0 Å². The van der Waals surface area contributed by atoms with E-state index in [1.165, 1.54) is 96.3 Å². The zero-order valence-corrected chi connectivity index (χ0v) is 20.6. The van der Waals surface area contributed by atoms with E-state index in [2.05, 4.69) is 15.9 Å². The van der Waals surface area contributed by atoms with Crippen molar-refractivity contribution in [1.29, 1.82) is 0 Å². The van der Waals surface area contributed by atoms with E-state index in [-0.39, 0.29) is 0 Å². The molecule has 0 bridgehead atoms. The highest BCUT2D eigenvalue weighted by Gasteiger charge is 2.54. The maximum atomic E-state index is 3.22. The predicted octanol–water partition coefficient (Wildman–Crippen LogP) is 7.29. The molecule has 0 spiro atoms. The molecule has 0 N–H and O–H groups in total. The Morgan fingerprint density at radius 1 is 0.500 bits per heavy atom. The van der Waals surface area contributed by atoms with Gasteiger partial charge in [-0.25, -0.2) is 0 Å². The van der Waals surface area contributed by atoms with Gasteiger partial charge in [0.2, 0.25) is 0 Å². The summed E-state index contributed by atoms with van der Waals surface area (Å²) in [5, 5.41) is 0. The smallest absolute Gasteiger partial charge is 0.0321 e. The van der Waals surface area contributed by atoms with E-state index in [0.29, 0.717) is 0 Å². The van der Waals surface area contributed by atoms with Gasteiger partial charge in [0, 0.05) is 42.3 Å². The first kappa shape index (κ1) is 20.8. The van der Waals surface area contributed by atoms with Crippen LogP contribution >= 0.6 is 0 Å². The number of hydrogen-bond acceptors (Lipinski definition) is 2. The van der Waals surface area contributed by atoms with E-state index >= 15 is 0 Å². The van der Waals surface area contributed by atoms with Crippen LogP contribution in [0.25, 0.3) is 0 Å². The number of likely N-dealkylation sites (tertiary alicyclic amines) is 2. The molecule has 7 aliphatic rings. The summed E-state index contributed by atoms with van der Waals surface area (Å²) in [5.41, 5.74) is 1.83. The molecule has 0 amide bonds. The molecule has 7 rings (SSSR count). The summed E-state index contributed by atoms with van der Waals surface area (Å²) >= 11 is 0. The molecule has 178 valence electrons. The molecule has 0 radical (unpaired) electrons. The molecule has 0 aromatic rings. The normalized spacial score (nSPS) is 49.1. The second-order valence-corrected chi connectivity index (χ2v) is 13.0. The third-order valence-corrected chi connectivity index (χ3v) is 11.8. The number of allylic oxidation sites excluding steroid dienone is 1. The van der Waals surface area contributed by atoms with E-state index in [4.69, 9.17) is 0 Å². The number of rotatable bonds is 2. The number of hydrogen-bond donors (Lipinski definition) is 0. The molecular formula is C30H48N2. The lowest BCUT2D eigenvalue weighted by Gasteiger charge is -2.45. The Morgan fingerprint density at radius 2 is 0.938 bits per heavy atom.